The lowest BCUT2D eigenvalue weighted by Crippen LogP contribution is -2.07. The van der Waals surface area contributed by atoms with Gasteiger partial charge in [-0.25, -0.2) is 9.97 Å². The van der Waals surface area contributed by atoms with Crippen molar-refractivity contribution in [1.82, 2.24) is 9.97 Å². The molecule has 4 nitrogen and oxygen atoms in total. The fourth-order valence-corrected chi connectivity index (χ4v) is 2.21. The van der Waals surface area contributed by atoms with Gasteiger partial charge in [0.05, 0.1) is 10.7 Å². The average molecular weight is 311 g/mol. The fraction of sp³-hybridized carbons (Fsp3) is 0.286. The second-order valence-corrected chi connectivity index (χ2v) is 5.34. The lowest BCUT2D eigenvalue weighted by Gasteiger charge is -2.13. The van der Waals surface area contributed by atoms with Crippen molar-refractivity contribution in [1.29, 1.82) is 0 Å². The highest BCUT2D eigenvalue weighted by molar-refractivity contribution is 6.36. The number of halogens is 2. The van der Waals surface area contributed by atoms with Gasteiger partial charge in [0.15, 0.2) is 0 Å². The van der Waals surface area contributed by atoms with Crippen LogP contribution in [0, 0.1) is 6.92 Å². The molecule has 0 radical (unpaired) electrons. The Kier molecular flexibility index (Phi) is 4.68. The maximum absolute atomic E-state index is 6.15. The summed E-state index contributed by atoms with van der Waals surface area (Å²) in [5.74, 6) is 1.88. The Bertz CT molecular complexity index is 629. The lowest BCUT2D eigenvalue weighted by molar-refractivity contribution is 0.836. The van der Waals surface area contributed by atoms with E-state index < -0.39 is 0 Å². The molecule has 6 heteroatoms. The molecule has 0 atom stereocenters. The Morgan fingerprint density at radius 2 is 2.00 bits per heavy atom. The van der Waals surface area contributed by atoms with Gasteiger partial charge < -0.3 is 11.1 Å². The molecule has 0 spiro atoms. The third-order valence-corrected chi connectivity index (χ3v) is 3.44. The van der Waals surface area contributed by atoms with E-state index in [-0.39, 0.29) is 0 Å². The Hall–Kier alpha value is -1.52. The molecular formula is C14H16Cl2N4. The summed E-state index contributed by atoms with van der Waals surface area (Å²) >= 11 is 12.0. The van der Waals surface area contributed by atoms with Crippen LogP contribution in [0.15, 0.2) is 18.2 Å². The molecule has 1 aromatic heterocycles. The zero-order valence-corrected chi connectivity index (χ0v) is 12.9. The van der Waals surface area contributed by atoms with Gasteiger partial charge in [-0.1, -0.05) is 30.1 Å². The molecule has 0 saturated heterocycles. The van der Waals surface area contributed by atoms with E-state index in [0.717, 1.165) is 29.9 Å². The number of hydrogen-bond donors (Lipinski definition) is 2. The molecule has 0 bridgehead atoms. The van der Waals surface area contributed by atoms with E-state index in [1.807, 2.05) is 13.0 Å². The van der Waals surface area contributed by atoms with E-state index in [1.54, 1.807) is 12.1 Å². The molecular weight excluding hydrogens is 295 g/mol. The van der Waals surface area contributed by atoms with Crippen molar-refractivity contribution in [3.63, 3.8) is 0 Å². The monoisotopic (exact) mass is 310 g/mol. The molecule has 0 fully saturated rings. The number of aryl methyl sites for hydroxylation is 1. The number of anilines is 3. The predicted octanol–water partition coefficient (Wildman–Crippen LogP) is 4.37. The predicted molar refractivity (Wildman–Crippen MR) is 84.9 cm³/mol. The molecule has 0 aliphatic carbocycles. The molecule has 3 N–H and O–H groups in total. The number of nitrogens with zero attached hydrogens (tertiary/aromatic N) is 2. The summed E-state index contributed by atoms with van der Waals surface area (Å²) in [5.41, 5.74) is 7.46. The molecule has 0 unspecified atom stereocenters. The molecule has 106 valence electrons. The van der Waals surface area contributed by atoms with Crippen molar-refractivity contribution in [2.45, 2.75) is 26.7 Å². The van der Waals surface area contributed by atoms with Gasteiger partial charge in [-0.2, -0.15) is 0 Å². The van der Waals surface area contributed by atoms with Crippen molar-refractivity contribution in [3.05, 3.63) is 39.6 Å². The molecule has 1 aromatic carbocycles. The number of aromatic nitrogens is 2. The summed E-state index contributed by atoms with van der Waals surface area (Å²) in [6, 6.07) is 5.25. The van der Waals surface area contributed by atoms with Gasteiger partial charge in [0.25, 0.3) is 0 Å². The molecule has 20 heavy (non-hydrogen) atoms. The molecule has 0 saturated carbocycles. The highest BCUT2D eigenvalue weighted by Crippen LogP contribution is 2.29. The van der Waals surface area contributed by atoms with Crippen LogP contribution in [-0.4, -0.2) is 9.97 Å². The first-order valence-electron chi connectivity index (χ1n) is 6.36. The third kappa shape index (κ3) is 3.32. The summed E-state index contributed by atoms with van der Waals surface area (Å²) in [6.45, 7) is 3.94. The normalized spacial score (nSPS) is 10.6. The topological polar surface area (TPSA) is 63.8 Å². The van der Waals surface area contributed by atoms with Crippen LogP contribution < -0.4 is 11.1 Å². The van der Waals surface area contributed by atoms with E-state index in [4.69, 9.17) is 28.9 Å². The smallest absolute Gasteiger partial charge is 0.139 e. The summed E-state index contributed by atoms with van der Waals surface area (Å²) in [4.78, 5) is 8.76. The van der Waals surface area contributed by atoms with Crippen LogP contribution in [0.5, 0.6) is 0 Å². The van der Waals surface area contributed by atoms with Crippen molar-refractivity contribution < 1.29 is 0 Å². The second kappa shape index (κ2) is 6.29. The van der Waals surface area contributed by atoms with Crippen LogP contribution in [0.2, 0.25) is 10.0 Å². The minimum absolute atomic E-state index is 0.482. The van der Waals surface area contributed by atoms with E-state index >= 15 is 0 Å². The first-order valence-corrected chi connectivity index (χ1v) is 7.12. The van der Waals surface area contributed by atoms with Crippen molar-refractivity contribution in [2.24, 2.45) is 0 Å². The molecule has 2 rings (SSSR count). The standard InChI is InChI=1S/C14H16Cl2N4/c1-3-4-12-19-13(17)8(2)14(20-12)18-11-6-5-9(15)7-10(11)16/h5-7H,3-4H2,1-2H3,(H3,17,18,19,20). The number of nitrogens with two attached hydrogens (primary N) is 1. The molecule has 0 aliphatic heterocycles. The van der Waals surface area contributed by atoms with Crippen LogP contribution in [0.1, 0.15) is 24.7 Å². The van der Waals surface area contributed by atoms with Crippen LogP contribution >= 0.6 is 23.2 Å². The van der Waals surface area contributed by atoms with Crippen molar-refractivity contribution in [2.75, 3.05) is 11.1 Å². The van der Waals surface area contributed by atoms with Crippen LogP contribution in [-0.2, 0) is 6.42 Å². The maximum atomic E-state index is 6.15. The first kappa shape index (κ1) is 14.9. The Labute approximate surface area is 128 Å². The zero-order chi connectivity index (χ0) is 14.7. The largest absolute Gasteiger partial charge is 0.383 e. The highest BCUT2D eigenvalue weighted by atomic mass is 35.5. The van der Waals surface area contributed by atoms with Gasteiger partial charge in [0.1, 0.15) is 17.5 Å². The highest BCUT2D eigenvalue weighted by Gasteiger charge is 2.10. The average Bonchev–Trinajstić information content (AvgIpc) is 2.39. The molecule has 0 aliphatic rings. The van der Waals surface area contributed by atoms with Gasteiger partial charge in [-0.15, -0.1) is 0 Å². The quantitative estimate of drug-likeness (QED) is 0.880. The number of nitrogens with one attached hydrogen (secondary N) is 1. The minimum atomic E-state index is 0.482. The summed E-state index contributed by atoms with van der Waals surface area (Å²) < 4.78 is 0. The molecule has 2 aromatic rings. The Morgan fingerprint density at radius 1 is 1.25 bits per heavy atom. The summed E-state index contributed by atoms with van der Waals surface area (Å²) in [7, 11) is 0. The van der Waals surface area contributed by atoms with Gasteiger partial charge in [-0.05, 0) is 31.5 Å². The number of nitrogen functional groups attached to an aromatic ring is 1. The zero-order valence-electron chi connectivity index (χ0n) is 11.4. The minimum Gasteiger partial charge on any atom is -0.383 e. The van der Waals surface area contributed by atoms with Gasteiger partial charge >= 0.3 is 0 Å². The number of benzene rings is 1. The lowest BCUT2D eigenvalue weighted by atomic mass is 10.2. The van der Waals surface area contributed by atoms with Gasteiger partial charge in [0, 0.05) is 17.0 Å². The van der Waals surface area contributed by atoms with E-state index in [9.17, 15) is 0 Å². The number of rotatable bonds is 4. The summed E-state index contributed by atoms with van der Waals surface area (Å²) in [6.07, 6.45) is 1.75. The summed E-state index contributed by atoms with van der Waals surface area (Å²) in [5, 5.41) is 4.31. The van der Waals surface area contributed by atoms with E-state index in [1.165, 1.54) is 0 Å². The van der Waals surface area contributed by atoms with Gasteiger partial charge in [-0.3, -0.25) is 0 Å². The Balaban J connectivity index is 2.37. The van der Waals surface area contributed by atoms with E-state index in [0.29, 0.717) is 21.7 Å². The van der Waals surface area contributed by atoms with Crippen molar-refractivity contribution >= 4 is 40.5 Å². The van der Waals surface area contributed by atoms with Crippen LogP contribution in [0.25, 0.3) is 0 Å². The Morgan fingerprint density at radius 3 is 2.65 bits per heavy atom. The second-order valence-electron chi connectivity index (χ2n) is 4.50. The molecule has 1 heterocycles. The third-order valence-electron chi connectivity index (χ3n) is 2.89. The maximum Gasteiger partial charge on any atom is 0.139 e. The fourth-order valence-electron chi connectivity index (χ4n) is 1.76. The van der Waals surface area contributed by atoms with Crippen molar-refractivity contribution in [3.8, 4) is 0 Å². The van der Waals surface area contributed by atoms with Crippen LogP contribution in [0.4, 0.5) is 17.3 Å². The van der Waals surface area contributed by atoms with Gasteiger partial charge in [0.2, 0.25) is 0 Å². The number of hydrogen-bond acceptors (Lipinski definition) is 4. The SMILES string of the molecule is CCCc1nc(N)c(C)c(Nc2ccc(Cl)cc2Cl)n1. The van der Waals surface area contributed by atoms with Crippen LogP contribution in [0.3, 0.4) is 0 Å². The van der Waals surface area contributed by atoms with E-state index in [2.05, 4.69) is 22.2 Å². The molecule has 0 amide bonds. The first-order chi connectivity index (χ1) is 9.51.